The number of hydrazine groups is 1. The maximum Gasteiger partial charge on any atom is 0.0162 e. The van der Waals surface area contributed by atoms with Crippen LogP contribution >= 0.6 is 0 Å². The van der Waals surface area contributed by atoms with Crippen LogP contribution in [0.15, 0.2) is 0 Å². The molecule has 0 aliphatic heterocycles. The molecule has 0 aromatic carbocycles. The number of nitrogens with two attached hydrogens (primary N) is 1. The van der Waals surface area contributed by atoms with Crippen LogP contribution in [-0.4, -0.2) is 13.0 Å². The van der Waals surface area contributed by atoms with E-state index in [9.17, 15) is 0 Å². The molecule has 0 amide bonds. The molecule has 39 valence electrons. The number of guanidine groups is 1. The Balaban J connectivity index is 0. The van der Waals surface area contributed by atoms with Crippen LogP contribution in [0.1, 0.15) is 0 Å². The van der Waals surface area contributed by atoms with Crippen molar-refractivity contribution in [3.05, 3.63) is 5.41 Å². The Morgan fingerprint density at radius 3 is 2.14 bits per heavy atom. The molecule has 0 saturated carbocycles. The number of nitrogens with zero attached hydrogens (tertiary/aromatic N) is 1. The predicted molar refractivity (Wildman–Crippen MR) is 24.7 cm³/mol. The Morgan fingerprint density at radius 1 is 1.71 bits per heavy atom. The van der Waals surface area contributed by atoms with Gasteiger partial charge in [-0.2, -0.15) is 0 Å². The summed E-state index contributed by atoms with van der Waals surface area (Å²) in [5, 5.41) is 10.6. The molecule has 0 atom stereocenters. The summed E-state index contributed by atoms with van der Waals surface area (Å²) in [6.07, 6.45) is 0. The van der Waals surface area contributed by atoms with Crippen molar-refractivity contribution in [2.24, 2.45) is 5.84 Å². The smallest absolute Gasteiger partial charge is 0.0162 e. The fourth-order valence-corrected chi connectivity index (χ4v) is 0.0722. The van der Waals surface area contributed by atoms with Crippen molar-refractivity contribution in [3.63, 3.8) is 0 Å². The van der Waals surface area contributed by atoms with Crippen LogP contribution in [0.25, 0.3) is 5.41 Å². The largest absolute Gasteiger partial charge is 0.442 e. The maximum atomic E-state index is 8.24. The predicted octanol–water partition coefficient (Wildman–Crippen LogP) is -1.41. The van der Waals surface area contributed by atoms with E-state index in [0.29, 0.717) is 0 Å². The summed E-state index contributed by atoms with van der Waals surface area (Å²) < 4.78 is 0. The van der Waals surface area contributed by atoms with E-state index in [1.807, 2.05) is 5.43 Å². The molecular formula is C2H7N4Y-. The van der Waals surface area contributed by atoms with Gasteiger partial charge in [0.15, 0.2) is 0 Å². The summed E-state index contributed by atoms with van der Waals surface area (Å²) >= 11 is 0. The molecule has 1 radical (unpaired) electrons. The SMILES string of the molecule is CNC(=[N-])NN.[Y]. The van der Waals surface area contributed by atoms with Gasteiger partial charge in [-0.05, 0) is 7.05 Å². The summed E-state index contributed by atoms with van der Waals surface area (Å²) in [6.45, 7) is 0. The fourth-order valence-electron chi connectivity index (χ4n) is 0.0722. The molecule has 0 heterocycles. The van der Waals surface area contributed by atoms with Gasteiger partial charge in [-0.15, -0.1) is 0 Å². The minimum absolute atomic E-state index is 0. The van der Waals surface area contributed by atoms with E-state index >= 15 is 0 Å². The van der Waals surface area contributed by atoms with Gasteiger partial charge in [0.2, 0.25) is 0 Å². The van der Waals surface area contributed by atoms with Gasteiger partial charge in [-0.1, -0.05) is 0 Å². The van der Waals surface area contributed by atoms with Crippen LogP contribution in [0, 0.1) is 0 Å². The molecule has 0 fully saturated rings. The first-order valence-electron chi connectivity index (χ1n) is 1.51. The minimum atomic E-state index is -0.130. The first kappa shape index (κ1) is 10.3. The fraction of sp³-hybridized carbons (Fsp3) is 0.500. The van der Waals surface area contributed by atoms with Crippen molar-refractivity contribution in [2.45, 2.75) is 0 Å². The Morgan fingerprint density at radius 2 is 2.14 bits per heavy atom. The molecule has 5 heteroatoms. The summed E-state index contributed by atoms with van der Waals surface area (Å²) in [7, 11) is 1.55. The minimum Gasteiger partial charge on any atom is -0.442 e. The first-order chi connectivity index (χ1) is 2.81. The molecule has 4 nitrogen and oxygen atoms in total. The maximum absolute atomic E-state index is 8.24. The Hall–Kier alpha value is 0.334. The van der Waals surface area contributed by atoms with Crippen molar-refractivity contribution in [1.29, 1.82) is 0 Å². The van der Waals surface area contributed by atoms with Crippen LogP contribution < -0.4 is 16.6 Å². The van der Waals surface area contributed by atoms with Gasteiger partial charge >= 0.3 is 0 Å². The zero-order valence-corrected chi connectivity index (χ0v) is 6.94. The Bertz CT molecular complexity index is 47.7. The summed E-state index contributed by atoms with van der Waals surface area (Å²) in [6, 6.07) is 0. The van der Waals surface area contributed by atoms with E-state index in [1.165, 1.54) is 0 Å². The molecule has 0 spiro atoms. The van der Waals surface area contributed by atoms with Gasteiger partial charge in [-0.25, -0.2) is 0 Å². The standard InChI is InChI=1S/C2H7N4.Y/c1-5-2(3)6-4;/h4H2,1H3,(H2-,3,5,6);/q-1;. The topological polar surface area (TPSA) is 72.4 Å². The van der Waals surface area contributed by atoms with Crippen molar-refractivity contribution in [2.75, 3.05) is 7.05 Å². The molecule has 7 heavy (non-hydrogen) atoms. The summed E-state index contributed by atoms with van der Waals surface area (Å²) in [5.41, 5.74) is 1.98. The zero-order valence-electron chi connectivity index (χ0n) is 4.10. The van der Waals surface area contributed by atoms with E-state index in [2.05, 4.69) is 11.2 Å². The van der Waals surface area contributed by atoms with E-state index in [4.69, 9.17) is 5.41 Å². The van der Waals surface area contributed by atoms with Crippen molar-refractivity contribution >= 4 is 5.96 Å². The molecule has 0 bridgehead atoms. The third-order valence-electron chi connectivity index (χ3n) is 0.374. The molecule has 0 aliphatic rings. The summed E-state index contributed by atoms with van der Waals surface area (Å²) in [4.78, 5) is 0. The van der Waals surface area contributed by atoms with Crippen molar-refractivity contribution in [1.82, 2.24) is 10.7 Å². The van der Waals surface area contributed by atoms with E-state index in [1.54, 1.807) is 7.05 Å². The van der Waals surface area contributed by atoms with Gasteiger partial charge in [0.1, 0.15) is 0 Å². The molecule has 0 aliphatic carbocycles. The van der Waals surface area contributed by atoms with Crippen LogP contribution in [0.4, 0.5) is 0 Å². The summed E-state index contributed by atoms with van der Waals surface area (Å²) in [5.74, 6) is 4.55. The molecule has 0 unspecified atom stereocenters. The Kier molecular flexibility index (Phi) is 9.36. The zero-order chi connectivity index (χ0) is 4.99. The average molecular weight is 176 g/mol. The van der Waals surface area contributed by atoms with Crippen LogP contribution in [-0.2, 0) is 32.7 Å². The molecule has 0 rings (SSSR count). The van der Waals surface area contributed by atoms with E-state index in [-0.39, 0.29) is 38.7 Å². The normalized spacial score (nSPS) is 6.00. The number of hydrogen-bond acceptors (Lipinski definition) is 1. The third kappa shape index (κ3) is 6.33. The van der Waals surface area contributed by atoms with Gasteiger partial charge in [-0.3, -0.25) is 5.84 Å². The van der Waals surface area contributed by atoms with Crippen molar-refractivity contribution in [3.8, 4) is 0 Å². The van der Waals surface area contributed by atoms with Gasteiger partial charge in [0.25, 0.3) is 0 Å². The second-order valence-corrected chi connectivity index (χ2v) is 0.743. The molecule has 4 N–H and O–H groups in total. The Labute approximate surface area is 67.6 Å². The monoisotopic (exact) mass is 176 g/mol. The molecule has 0 aromatic rings. The second kappa shape index (κ2) is 6.33. The van der Waals surface area contributed by atoms with Gasteiger partial charge in [0.05, 0.1) is 0 Å². The second-order valence-electron chi connectivity index (χ2n) is 0.743. The molecule has 0 aromatic heterocycles. The third-order valence-corrected chi connectivity index (χ3v) is 0.374. The average Bonchev–Trinajstić information content (AvgIpc) is 1.65. The molecule has 0 saturated heterocycles. The number of hydrogen-bond donors (Lipinski definition) is 3. The first-order valence-corrected chi connectivity index (χ1v) is 1.51. The van der Waals surface area contributed by atoms with Crippen LogP contribution in [0.3, 0.4) is 0 Å². The van der Waals surface area contributed by atoms with Crippen molar-refractivity contribution < 1.29 is 32.7 Å². The quantitative estimate of drug-likeness (QED) is 0.184. The number of nitrogens with one attached hydrogen (secondary N) is 2. The van der Waals surface area contributed by atoms with Gasteiger partial charge in [0, 0.05) is 38.7 Å². The number of rotatable bonds is 0. The van der Waals surface area contributed by atoms with Gasteiger partial charge < -0.3 is 16.2 Å². The van der Waals surface area contributed by atoms with E-state index < -0.39 is 0 Å². The van der Waals surface area contributed by atoms with Crippen LogP contribution in [0.2, 0.25) is 0 Å². The van der Waals surface area contributed by atoms with E-state index in [0.717, 1.165) is 0 Å². The molecular weight excluding hydrogens is 169 g/mol. The van der Waals surface area contributed by atoms with Crippen LogP contribution in [0.5, 0.6) is 0 Å².